The molecule has 4 rings (SSSR count). The number of aromatic amines is 1. The van der Waals surface area contributed by atoms with E-state index in [0.717, 1.165) is 17.2 Å². The molecule has 3 aromatic rings. The second-order valence-corrected chi connectivity index (χ2v) is 8.52. The molecule has 0 fully saturated rings. The summed E-state index contributed by atoms with van der Waals surface area (Å²) < 4.78 is 32.1. The Bertz CT molecular complexity index is 1340. The van der Waals surface area contributed by atoms with Gasteiger partial charge in [-0.05, 0) is 23.8 Å². The van der Waals surface area contributed by atoms with Crippen molar-refractivity contribution in [1.29, 1.82) is 0 Å². The van der Waals surface area contributed by atoms with E-state index in [1.54, 1.807) is 6.20 Å². The van der Waals surface area contributed by atoms with Gasteiger partial charge < -0.3 is 14.8 Å². The average Bonchev–Trinajstić information content (AvgIpc) is 3.24. The molecular formula is C21H18N2O7S. The molecule has 1 aromatic heterocycles. The van der Waals surface area contributed by atoms with Crippen LogP contribution < -0.4 is 10.1 Å². The maximum atomic E-state index is 12.6. The lowest BCUT2D eigenvalue weighted by Crippen LogP contribution is -2.22. The van der Waals surface area contributed by atoms with E-state index in [1.807, 2.05) is 24.3 Å². The smallest absolute Gasteiger partial charge is 0.264 e. The summed E-state index contributed by atoms with van der Waals surface area (Å²) in [6, 6.07) is 11.5. The highest BCUT2D eigenvalue weighted by Gasteiger charge is 2.33. The van der Waals surface area contributed by atoms with Crippen LogP contribution in [0.15, 0.2) is 48.7 Å². The number of phenols is 1. The fourth-order valence-electron chi connectivity index (χ4n) is 3.42. The topological polar surface area (TPSA) is 135 Å². The molecule has 1 aliphatic rings. The third-order valence-corrected chi connectivity index (χ3v) is 5.21. The van der Waals surface area contributed by atoms with E-state index in [-0.39, 0.29) is 41.4 Å². The maximum absolute atomic E-state index is 12.6. The lowest BCUT2D eigenvalue weighted by molar-refractivity contribution is -0.122. The minimum Gasteiger partial charge on any atom is -0.508 e. The lowest BCUT2D eigenvalue weighted by atomic mass is 9.95. The largest absolute Gasteiger partial charge is 0.508 e. The Morgan fingerprint density at radius 3 is 2.52 bits per heavy atom. The molecule has 1 aliphatic heterocycles. The highest BCUT2D eigenvalue weighted by Crippen LogP contribution is 2.37. The van der Waals surface area contributed by atoms with Gasteiger partial charge in [0.15, 0.2) is 0 Å². The van der Waals surface area contributed by atoms with E-state index in [0.29, 0.717) is 5.56 Å². The number of fused-ring (bicyclic) bond motifs is 1. The van der Waals surface area contributed by atoms with Gasteiger partial charge in [-0.15, -0.1) is 0 Å². The fourth-order valence-corrected chi connectivity index (χ4v) is 3.79. The van der Waals surface area contributed by atoms with Crippen LogP contribution in [0.1, 0.15) is 11.1 Å². The third kappa shape index (κ3) is 4.30. The van der Waals surface area contributed by atoms with Crippen LogP contribution in [0.25, 0.3) is 22.0 Å². The van der Waals surface area contributed by atoms with Crippen LogP contribution in [0.3, 0.4) is 0 Å². The van der Waals surface area contributed by atoms with Gasteiger partial charge in [0.05, 0.1) is 17.4 Å². The minimum atomic E-state index is -3.60. The summed E-state index contributed by atoms with van der Waals surface area (Å²) in [7, 11) is -3.60. The zero-order valence-electron chi connectivity index (χ0n) is 16.3. The number of carbonyl (C=O) groups is 2. The normalized spacial score (nSPS) is 14.4. The van der Waals surface area contributed by atoms with Crippen molar-refractivity contribution in [3.05, 3.63) is 59.8 Å². The van der Waals surface area contributed by atoms with Crippen LogP contribution >= 0.6 is 0 Å². The summed E-state index contributed by atoms with van der Waals surface area (Å²) in [5.41, 5.74) is 1.92. The zero-order valence-corrected chi connectivity index (χ0v) is 17.2. The molecule has 3 N–H and O–H groups in total. The molecule has 2 aromatic carbocycles. The molecule has 2 heterocycles. The number of aromatic hydroxyl groups is 1. The van der Waals surface area contributed by atoms with E-state index < -0.39 is 21.9 Å². The van der Waals surface area contributed by atoms with Crippen molar-refractivity contribution in [2.75, 3.05) is 19.5 Å². The molecular weight excluding hydrogens is 424 g/mol. The van der Waals surface area contributed by atoms with Gasteiger partial charge >= 0.3 is 0 Å². The monoisotopic (exact) mass is 442 g/mol. The number of hydrogen-bond acceptors (Lipinski definition) is 7. The molecule has 0 aliphatic carbocycles. The Morgan fingerprint density at radius 1 is 1.00 bits per heavy atom. The molecule has 2 amide bonds. The number of aromatic nitrogens is 1. The summed E-state index contributed by atoms with van der Waals surface area (Å²) >= 11 is 0. The van der Waals surface area contributed by atoms with Crippen molar-refractivity contribution in [3.63, 3.8) is 0 Å². The van der Waals surface area contributed by atoms with E-state index in [2.05, 4.69) is 14.5 Å². The first-order valence-electron chi connectivity index (χ1n) is 9.21. The van der Waals surface area contributed by atoms with Crippen LogP contribution in [-0.2, 0) is 23.9 Å². The predicted octanol–water partition coefficient (Wildman–Crippen LogP) is 1.80. The van der Waals surface area contributed by atoms with Crippen molar-refractivity contribution < 1.29 is 32.0 Å². The Labute approximate surface area is 177 Å². The first-order valence-corrected chi connectivity index (χ1v) is 11.0. The van der Waals surface area contributed by atoms with E-state index >= 15 is 0 Å². The number of amides is 2. The summed E-state index contributed by atoms with van der Waals surface area (Å²) in [4.78, 5) is 28.3. The van der Waals surface area contributed by atoms with Crippen molar-refractivity contribution in [2.24, 2.45) is 0 Å². The number of benzene rings is 2. The molecule has 0 saturated heterocycles. The number of para-hydroxylation sites is 1. The molecule has 31 heavy (non-hydrogen) atoms. The van der Waals surface area contributed by atoms with E-state index in [1.165, 1.54) is 18.2 Å². The molecule has 0 atom stereocenters. The van der Waals surface area contributed by atoms with Crippen LogP contribution in [0, 0.1) is 0 Å². The molecule has 0 spiro atoms. The standard InChI is InChI=1S/C21H18N2O7S/c1-31(27,28)30-7-6-29-14-9-12(8-13(24)10-14)18-19(21(26)23-20(18)25)16-11-22-17-5-3-2-4-15(16)17/h2-5,8-11,22,24H,6-7H2,1H3,(H,23,25,26). The second-order valence-electron chi connectivity index (χ2n) is 6.87. The van der Waals surface area contributed by atoms with Crippen molar-refractivity contribution >= 4 is 44.0 Å². The van der Waals surface area contributed by atoms with Crippen LogP contribution in [-0.4, -0.2) is 49.8 Å². The number of carbonyl (C=O) groups excluding carboxylic acids is 2. The number of nitrogens with one attached hydrogen (secondary N) is 2. The first kappa shape index (κ1) is 20.6. The van der Waals surface area contributed by atoms with Gasteiger partial charge in [0.1, 0.15) is 24.7 Å². The highest BCUT2D eigenvalue weighted by molar-refractivity contribution is 7.85. The van der Waals surface area contributed by atoms with E-state index in [9.17, 15) is 23.1 Å². The molecule has 0 unspecified atom stereocenters. The number of ether oxygens (including phenoxy) is 1. The van der Waals surface area contributed by atoms with Gasteiger partial charge in [0, 0.05) is 28.7 Å². The van der Waals surface area contributed by atoms with Crippen molar-refractivity contribution in [3.8, 4) is 11.5 Å². The second kappa shape index (κ2) is 7.89. The Morgan fingerprint density at radius 2 is 1.74 bits per heavy atom. The highest BCUT2D eigenvalue weighted by atomic mass is 32.2. The Hall–Kier alpha value is -3.63. The molecule has 0 saturated carbocycles. The molecule has 10 heteroatoms. The van der Waals surface area contributed by atoms with Gasteiger partial charge in [-0.3, -0.25) is 19.1 Å². The van der Waals surface area contributed by atoms with Crippen molar-refractivity contribution in [2.45, 2.75) is 0 Å². The van der Waals surface area contributed by atoms with Crippen LogP contribution in [0.4, 0.5) is 0 Å². The quantitative estimate of drug-likeness (QED) is 0.288. The maximum Gasteiger partial charge on any atom is 0.264 e. The molecule has 0 radical (unpaired) electrons. The SMILES string of the molecule is CS(=O)(=O)OCCOc1cc(O)cc(C2=C(c3c[nH]c4ccccc34)C(=O)NC2=O)c1. The average molecular weight is 442 g/mol. The summed E-state index contributed by atoms with van der Waals surface area (Å²) in [6.45, 7) is -0.318. The molecule has 160 valence electrons. The summed E-state index contributed by atoms with van der Waals surface area (Å²) in [5, 5.41) is 13.2. The fraction of sp³-hybridized carbons (Fsp3) is 0.143. The number of phenolic OH excluding ortho intramolecular Hbond substituents is 1. The van der Waals surface area contributed by atoms with Crippen LogP contribution in [0.5, 0.6) is 11.5 Å². The predicted molar refractivity (Wildman–Crippen MR) is 113 cm³/mol. The Kier molecular flexibility index (Phi) is 5.25. The minimum absolute atomic E-state index is 0.0999. The van der Waals surface area contributed by atoms with Gasteiger partial charge in [0.25, 0.3) is 21.9 Å². The Balaban J connectivity index is 1.73. The summed E-state index contributed by atoms with van der Waals surface area (Å²) in [6.07, 6.45) is 2.58. The van der Waals surface area contributed by atoms with Gasteiger partial charge in [-0.1, -0.05) is 18.2 Å². The lowest BCUT2D eigenvalue weighted by Gasteiger charge is -2.10. The summed E-state index contributed by atoms with van der Waals surface area (Å²) in [5.74, 6) is -1.14. The van der Waals surface area contributed by atoms with Crippen LogP contribution in [0.2, 0.25) is 0 Å². The molecule has 0 bridgehead atoms. The zero-order chi connectivity index (χ0) is 22.2. The van der Waals surface area contributed by atoms with E-state index in [4.69, 9.17) is 4.74 Å². The van der Waals surface area contributed by atoms with Gasteiger partial charge in [0.2, 0.25) is 0 Å². The number of rotatable bonds is 7. The number of H-pyrrole nitrogens is 1. The van der Waals surface area contributed by atoms with Gasteiger partial charge in [-0.2, -0.15) is 8.42 Å². The van der Waals surface area contributed by atoms with Gasteiger partial charge in [-0.25, -0.2) is 0 Å². The molecule has 9 nitrogen and oxygen atoms in total. The third-order valence-electron chi connectivity index (χ3n) is 4.62. The number of imide groups is 1. The first-order chi connectivity index (χ1) is 14.7. The van der Waals surface area contributed by atoms with Crippen molar-refractivity contribution in [1.82, 2.24) is 10.3 Å². The number of hydrogen-bond donors (Lipinski definition) is 3.